The fourth-order valence-electron chi connectivity index (χ4n) is 3.76. The van der Waals surface area contributed by atoms with Gasteiger partial charge in [0.1, 0.15) is 0 Å². The Morgan fingerprint density at radius 3 is 2.71 bits per heavy atom. The summed E-state index contributed by atoms with van der Waals surface area (Å²) in [5.41, 5.74) is 3.17. The fourth-order valence-corrected chi connectivity index (χ4v) is 3.76. The van der Waals surface area contributed by atoms with Gasteiger partial charge in [-0.3, -0.25) is 0 Å². The molecule has 0 radical (unpaired) electrons. The van der Waals surface area contributed by atoms with Crippen LogP contribution in [-0.4, -0.2) is 6.54 Å². The summed E-state index contributed by atoms with van der Waals surface area (Å²) in [6, 6.07) is 9.73. The van der Waals surface area contributed by atoms with Crippen molar-refractivity contribution in [3.05, 3.63) is 35.4 Å². The predicted octanol–water partition coefficient (Wildman–Crippen LogP) is 5.65. The third kappa shape index (κ3) is 4.85. The van der Waals surface area contributed by atoms with E-state index in [0.717, 1.165) is 12.5 Å². The molecule has 0 amide bonds. The number of nitrogens with one attached hydrogen (secondary N) is 1. The van der Waals surface area contributed by atoms with Crippen LogP contribution >= 0.6 is 0 Å². The van der Waals surface area contributed by atoms with Crippen molar-refractivity contribution in [1.29, 1.82) is 0 Å². The van der Waals surface area contributed by atoms with E-state index >= 15 is 0 Å². The molecule has 0 aromatic heterocycles. The Morgan fingerprint density at radius 2 is 1.90 bits per heavy atom. The monoisotopic (exact) mass is 287 g/mol. The summed E-state index contributed by atoms with van der Waals surface area (Å²) >= 11 is 0. The second-order valence-electron chi connectivity index (χ2n) is 6.63. The van der Waals surface area contributed by atoms with Crippen molar-refractivity contribution in [3.8, 4) is 0 Å². The standard InChI is InChI=1S/C20H33N/c1-3-5-6-7-12-18-14-10-13-17-11-8-9-15-19(17)20(18)21-16-4-2/h8-9,11,15,18,20-21H,3-7,10,12-14,16H2,1-2H3. The third-order valence-corrected chi connectivity index (χ3v) is 4.93. The van der Waals surface area contributed by atoms with E-state index < -0.39 is 0 Å². The van der Waals surface area contributed by atoms with Gasteiger partial charge in [0.2, 0.25) is 0 Å². The summed E-state index contributed by atoms with van der Waals surface area (Å²) in [7, 11) is 0. The largest absolute Gasteiger partial charge is 0.310 e. The summed E-state index contributed by atoms with van der Waals surface area (Å²) in [6.07, 6.45) is 12.2. The Morgan fingerprint density at radius 1 is 1.05 bits per heavy atom. The summed E-state index contributed by atoms with van der Waals surface area (Å²) in [4.78, 5) is 0. The molecule has 0 spiro atoms. The first-order chi connectivity index (χ1) is 10.4. The summed E-state index contributed by atoms with van der Waals surface area (Å²) in [5, 5.41) is 3.86. The number of hydrogen-bond donors (Lipinski definition) is 1. The second kappa shape index (κ2) is 9.25. The van der Waals surface area contributed by atoms with E-state index in [-0.39, 0.29) is 0 Å². The van der Waals surface area contributed by atoms with Crippen LogP contribution in [-0.2, 0) is 6.42 Å². The van der Waals surface area contributed by atoms with Crippen LogP contribution in [0.3, 0.4) is 0 Å². The summed E-state index contributed by atoms with van der Waals surface area (Å²) < 4.78 is 0. The number of unbranched alkanes of at least 4 members (excludes halogenated alkanes) is 3. The maximum absolute atomic E-state index is 3.86. The number of aryl methyl sites for hydroxylation is 1. The van der Waals surface area contributed by atoms with Crippen LogP contribution in [0.1, 0.15) is 82.4 Å². The Hall–Kier alpha value is -0.820. The quantitative estimate of drug-likeness (QED) is 0.481. The second-order valence-corrected chi connectivity index (χ2v) is 6.63. The zero-order chi connectivity index (χ0) is 14.9. The molecule has 2 unspecified atom stereocenters. The average Bonchev–Trinajstić information content (AvgIpc) is 2.69. The first-order valence-electron chi connectivity index (χ1n) is 9.18. The van der Waals surface area contributed by atoms with E-state index in [1.165, 1.54) is 57.8 Å². The number of rotatable bonds is 8. The number of hydrogen-bond acceptors (Lipinski definition) is 1. The summed E-state index contributed by atoms with van der Waals surface area (Å²) in [5.74, 6) is 0.831. The van der Waals surface area contributed by atoms with Crippen LogP contribution in [0.2, 0.25) is 0 Å². The maximum Gasteiger partial charge on any atom is 0.0351 e. The zero-order valence-corrected chi connectivity index (χ0v) is 14.0. The van der Waals surface area contributed by atoms with Gasteiger partial charge in [-0.15, -0.1) is 0 Å². The van der Waals surface area contributed by atoms with Gasteiger partial charge in [0.05, 0.1) is 0 Å². The molecule has 0 fully saturated rings. The highest BCUT2D eigenvalue weighted by atomic mass is 14.9. The van der Waals surface area contributed by atoms with E-state index in [1.54, 1.807) is 11.1 Å². The molecule has 0 saturated carbocycles. The van der Waals surface area contributed by atoms with Gasteiger partial charge >= 0.3 is 0 Å². The minimum Gasteiger partial charge on any atom is -0.310 e. The Bertz CT molecular complexity index is 399. The molecule has 0 bridgehead atoms. The lowest BCUT2D eigenvalue weighted by molar-refractivity contribution is 0.314. The molecule has 1 aliphatic rings. The molecule has 2 rings (SSSR count). The molecule has 0 saturated heterocycles. The smallest absolute Gasteiger partial charge is 0.0351 e. The highest BCUT2D eigenvalue weighted by Gasteiger charge is 2.26. The Labute approximate surface area is 131 Å². The van der Waals surface area contributed by atoms with E-state index in [4.69, 9.17) is 0 Å². The van der Waals surface area contributed by atoms with Crippen molar-refractivity contribution >= 4 is 0 Å². The number of benzene rings is 1. The maximum atomic E-state index is 3.86. The lowest BCUT2D eigenvalue weighted by Crippen LogP contribution is -2.29. The lowest BCUT2D eigenvalue weighted by Gasteiger charge is -2.28. The van der Waals surface area contributed by atoms with Gasteiger partial charge in [0.25, 0.3) is 0 Å². The zero-order valence-electron chi connectivity index (χ0n) is 14.0. The van der Waals surface area contributed by atoms with Crippen LogP contribution in [0.25, 0.3) is 0 Å². The van der Waals surface area contributed by atoms with Gasteiger partial charge in [-0.05, 0) is 55.7 Å². The molecule has 1 nitrogen and oxygen atoms in total. The van der Waals surface area contributed by atoms with Crippen LogP contribution in [0.5, 0.6) is 0 Å². The first-order valence-corrected chi connectivity index (χ1v) is 9.18. The van der Waals surface area contributed by atoms with Gasteiger partial charge in [-0.1, -0.05) is 63.8 Å². The third-order valence-electron chi connectivity index (χ3n) is 4.93. The molecular formula is C20H33N. The number of fused-ring (bicyclic) bond motifs is 1. The molecule has 2 atom stereocenters. The van der Waals surface area contributed by atoms with Crippen molar-refractivity contribution in [2.24, 2.45) is 5.92 Å². The van der Waals surface area contributed by atoms with Gasteiger partial charge < -0.3 is 5.32 Å². The molecule has 1 aromatic carbocycles. The molecular weight excluding hydrogens is 254 g/mol. The van der Waals surface area contributed by atoms with Crippen LogP contribution < -0.4 is 5.32 Å². The van der Waals surface area contributed by atoms with Crippen LogP contribution in [0.4, 0.5) is 0 Å². The summed E-state index contributed by atoms with van der Waals surface area (Å²) in [6.45, 7) is 5.71. The molecule has 21 heavy (non-hydrogen) atoms. The van der Waals surface area contributed by atoms with Crippen molar-refractivity contribution in [2.75, 3.05) is 6.54 Å². The van der Waals surface area contributed by atoms with Crippen LogP contribution in [0, 0.1) is 5.92 Å². The van der Waals surface area contributed by atoms with Crippen molar-refractivity contribution in [3.63, 3.8) is 0 Å². The average molecular weight is 287 g/mol. The molecule has 0 aliphatic heterocycles. The highest BCUT2D eigenvalue weighted by Crippen LogP contribution is 2.36. The molecule has 1 N–H and O–H groups in total. The van der Waals surface area contributed by atoms with E-state index in [9.17, 15) is 0 Å². The van der Waals surface area contributed by atoms with Crippen molar-refractivity contribution in [2.45, 2.75) is 77.7 Å². The van der Waals surface area contributed by atoms with Gasteiger partial charge in [-0.2, -0.15) is 0 Å². The van der Waals surface area contributed by atoms with E-state index in [1.807, 2.05) is 0 Å². The molecule has 0 heterocycles. The Balaban J connectivity index is 2.06. The van der Waals surface area contributed by atoms with Crippen LogP contribution in [0.15, 0.2) is 24.3 Å². The molecule has 1 aromatic rings. The topological polar surface area (TPSA) is 12.0 Å². The molecule has 118 valence electrons. The van der Waals surface area contributed by atoms with E-state index in [0.29, 0.717) is 6.04 Å². The minimum atomic E-state index is 0.588. The van der Waals surface area contributed by atoms with Crippen molar-refractivity contribution < 1.29 is 0 Å². The highest BCUT2D eigenvalue weighted by molar-refractivity contribution is 5.31. The van der Waals surface area contributed by atoms with E-state index in [2.05, 4.69) is 43.4 Å². The van der Waals surface area contributed by atoms with Crippen molar-refractivity contribution in [1.82, 2.24) is 5.32 Å². The van der Waals surface area contributed by atoms with Gasteiger partial charge in [0, 0.05) is 6.04 Å². The Kier molecular flexibility index (Phi) is 7.29. The molecule has 1 heteroatoms. The first kappa shape index (κ1) is 16.5. The normalized spacial score (nSPS) is 21.8. The van der Waals surface area contributed by atoms with Gasteiger partial charge in [-0.25, -0.2) is 0 Å². The van der Waals surface area contributed by atoms with Gasteiger partial charge in [0.15, 0.2) is 0 Å². The SMILES string of the molecule is CCCCCCC1CCCc2ccccc2C1NCCC. The fraction of sp³-hybridized carbons (Fsp3) is 0.700. The minimum absolute atomic E-state index is 0.588. The lowest BCUT2D eigenvalue weighted by atomic mass is 9.86. The molecule has 1 aliphatic carbocycles. The predicted molar refractivity (Wildman–Crippen MR) is 92.7 cm³/mol.